The van der Waals surface area contributed by atoms with Crippen LogP contribution in [-0.2, 0) is 4.79 Å². The van der Waals surface area contributed by atoms with Crippen LogP contribution < -0.4 is 0 Å². The van der Waals surface area contributed by atoms with Crippen LogP contribution in [0.4, 0.5) is 13.2 Å². The van der Waals surface area contributed by atoms with Crippen LogP contribution in [0.1, 0.15) is 44.9 Å². The summed E-state index contributed by atoms with van der Waals surface area (Å²) in [4.78, 5) is 13.3. The van der Waals surface area contributed by atoms with Crippen LogP contribution in [0.15, 0.2) is 0 Å². The average Bonchev–Trinajstić information content (AvgIpc) is 2.32. The lowest BCUT2D eigenvalue weighted by molar-refractivity contribution is -0.163. The van der Waals surface area contributed by atoms with Gasteiger partial charge in [-0.05, 0) is 55.8 Å². The fourth-order valence-corrected chi connectivity index (χ4v) is 7.04. The fraction of sp³-hybridized carbons (Fsp3) is 0.824. The molecule has 6 heteroatoms. The van der Waals surface area contributed by atoms with Crippen molar-refractivity contribution in [3.63, 3.8) is 0 Å². The smallest absolute Gasteiger partial charge is 0.322 e. The summed E-state index contributed by atoms with van der Waals surface area (Å²) >= 11 is 3.86. The zero-order valence-corrected chi connectivity index (χ0v) is 14.5. The second-order valence-corrected chi connectivity index (χ2v) is 9.54. The van der Waals surface area contributed by atoms with Crippen molar-refractivity contribution < 1.29 is 18.0 Å². The first-order chi connectivity index (χ1) is 10.6. The first-order valence-corrected chi connectivity index (χ1v) is 8.88. The van der Waals surface area contributed by atoms with Crippen molar-refractivity contribution in [2.75, 3.05) is 13.1 Å². The molecule has 0 radical (unpaired) electrons. The minimum atomic E-state index is -4.41. The molecule has 2 nitrogen and oxygen atoms in total. The van der Waals surface area contributed by atoms with E-state index in [0.29, 0.717) is 11.8 Å². The van der Waals surface area contributed by atoms with Gasteiger partial charge < -0.3 is 4.90 Å². The van der Waals surface area contributed by atoms with E-state index in [0.717, 1.165) is 37.0 Å². The maximum atomic E-state index is 12.7. The van der Waals surface area contributed by atoms with E-state index in [1.165, 1.54) is 6.42 Å². The van der Waals surface area contributed by atoms with E-state index < -0.39 is 18.6 Å². The largest absolute Gasteiger partial charge is 0.406 e. The lowest BCUT2D eigenvalue weighted by atomic mass is 9.48. The number of amides is 1. The Morgan fingerprint density at radius 2 is 1.87 bits per heavy atom. The normalized spacial score (nSPS) is 38.4. The highest BCUT2D eigenvalue weighted by molar-refractivity contribution is 9.10. The quantitative estimate of drug-likeness (QED) is 0.521. The van der Waals surface area contributed by atoms with Crippen molar-refractivity contribution in [1.29, 1.82) is 0 Å². The number of rotatable bonds is 4. The molecule has 2 unspecified atom stereocenters. The Hall–Kier alpha value is -0.700. The summed E-state index contributed by atoms with van der Waals surface area (Å²) < 4.78 is 38.1. The molecule has 0 heterocycles. The van der Waals surface area contributed by atoms with Gasteiger partial charge in [-0.25, -0.2) is 0 Å². The Bertz CT molecular complexity index is 525. The van der Waals surface area contributed by atoms with Crippen LogP contribution in [0.25, 0.3) is 0 Å². The first-order valence-electron chi connectivity index (χ1n) is 8.09. The molecular weight excluding hydrogens is 371 g/mol. The molecule has 4 bridgehead atoms. The number of terminal acetylenes is 1. The number of alkyl halides is 4. The van der Waals surface area contributed by atoms with E-state index in [1.807, 2.05) is 0 Å². The third-order valence-corrected chi connectivity index (χ3v) is 6.57. The van der Waals surface area contributed by atoms with E-state index in [2.05, 4.69) is 21.9 Å². The zero-order valence-electron chi connectivity index (χ0n) is 13.0. The minimum Gasteiger partial charge on any atom is -0.322 e. The predicted octanol–water partition coefficient (Wildman–Crippen LogP) is 4.13. The van der Waals surface area contributed by atoms with Crippen molar-refractivity contribution in [1.82, 2.24) is 4.90 Å². The molecule has 0 saturated heterocycles. The van der Waals surface area contributed by atoms with E-state index in [-0.39, 0.29) is 22.7 Å². The molecule has 4 rings (SSSR count). The SMILES string of the molecule is C#CCN(CC(F)(F)F)C(=O)CC12CC3CC(CC(Br)(C3)C1)C2. The van der Waals surface area contributed by atoms with Crippen LogP contribution in [0, 0.1) is 29.6 Å². The summed E-state index contributed by atoms with van der Waals surface area (Å²) in [6.45, 7) is -1.53. The maximum Gasteiger partial charge on any atom is 0.406 e. The second-order valence-electron chi connectivity index (χ2n) is 7.86. The van der Waals surface area contributed by atoms with E-state index >= 15 is 0 Å². The van der Waals surface area contributed by atoms with Gasteiger partial charge in [0.1, 0.15) is 6.54 Å². The lowest BCUT2D eigenvalue weighted by Gasteiger charge is -2.60. The highest BCUT2D eigenvalue weighted by atomic mass is 79.9. The third kappa shape index (κ3) is 3.70. The third-order valence-electron chi connectivity index (χ3n) is 5.64. The molecule has 4 saturated carbocycles. The molecule has 0 aromatic rings. The van der Waals surface area contributed by atoms with Crippen molar-refractivity contribution in [2.45, 2.75) is 55.4 Å². The van der Waals surface area contributed by atoms with Gasteiger partial charge >= 0.3 is 6.18 Å². The number of nitrogens with zero attached hydrogens (tertiary/aromatic N) is 1. The highest BCUT2D eigenvalue weighted by Crippen LogP contribution is 2.65. The average molecular weight is 392 g/mol. The molecule has 0 spiro atoms. The molecule has 2 atom stereocenters. The summed E-state index contributed by atoms with van der Waals surface area (Å²) in [5, 5.41) is 0. The van der Waals surface area contributed by atoms with Crippen LogP contribution in [0.2, 0.25) is 0 Å². The summed E-state index contributed by atoms with van der Waals surface area (Å²) in [5.41, 5.74) is -0.136. The Labute approximate surface area is 143 Å². The topological polar surface area (TPSA) is 20.3 Å². The molecule has 0 aromatic carbocycles. The van der Waals surface area contributed by atoms with Gasteiger partial charge in [-0.1, -0.05) is 21.9 Å². The lowest BCUT2D eigenvalue weighted by Crippen LogP contribution is -2.54. The molecule has 0 N–H and O–H groups in total. The molecule has 4 aliphatic rings. The summed E-state index contributed by atoms with van der Waals surface area (Å²) in [5.74, 6) is 2.94. The van der Waals surface area contributed by atoms with Crippen LogP contribution >= 0.6 is 15.9 Å². The van der Waals surface area contributed by atoms with Crippen molar-refractivity contribution >= 4 is 21.8 Å². The number of hydrogen-bond donors (Lipinski definition) is 0. The van der Waals surface area contributed by atoms with Gasteiger partial charge in [0.15, 0.2) is 0 Å². The monoisotopic (exact) mass is 391 g/mol. The minimum absolute atomic E-state index is 0.0956. The van der Waals surface area contributed by atoms with Gasteiger partial charge in [0.2, 0.25) is 5.91 Å². The Morgan fingerprint density at radius 3 is 2.35 bits per heavy atom. The van der Waals surface area contributed by atoms with Crippen molar-refractivity contribution in [3.05, 3.63) is 0 Å². The number of carbonyl (C=O) groups is 1. The van der Waals surface area contributed by atoms with Gasteiger partial charge in [0.25, 0.3) is 0 Å². The zero-order chi connectivity index (χ0) is 16.9. The van der Waals surface area contributed by atoms with Crippen LogP contribution in [-0.4, -0.2) is 34.4 Å². The second kappa shape index (κ2) is 5.68. The Kier molecular flexibility index (Phi) is 4.23. The molecule has 128 valence electrons. The molecular formula is C17H21BrF3NO. The van der Waals surface area contributed by atoms with Gasteiger partial charge in [-0.2, -0.15) is 13.2 Å². The molecule has 4 aliphatic carbocycles. The predicted molar refractivity (Wildman–Crippen MR) is 84.9 cm³/mol. The van der Waals surface area contributed by atoms with Gasteiger partial charge in [0, 0.05) is 10.7 Å². The molecule has 23 heavy (non-hydrogen) atoms. The highest BCUT2D eigenvalue weighted by Gasteiger charge is 2.57. The van der Waals surface area contributed by atoms with Crippen LogP contribution in [0.3, 0.4) is 0 Å². The van der Waals surface area contributed by atoms with E-state index in [9.17, 15) is 18.0 Å². The Morgan fingerprint density at radius 1 is 1.26 bits per heavy atom. The molecule has 1 amide bonds. The van der Waals surface area contributed by atoms with Gasteiger partial charge in [-0.3, -0.25) is 4.79 Å². The molecule has 4 fully saturated rings. The van der Waals surface area contributed by atoms with E-state index in [4.69, 9.17) is 6.42 Å². The summed E-state index contributed by atoms with van der Waals surface area (Å²) in [6, 6.07) is 0. The van der Waals surface area contributed by atoms with Gasteiger partial charge in [0.05, 0.1) is 6.54 Å². The number of hydrogen-bond acceptors (Lipinski definition) is 1. The standard InChI is InChI=1S/C17H21BrF3NO/c1-2-3-22(11-17(19,20)21)14(23)9-15-5-12-4-13(6-15)8-16(18,7-12)10-15/h1,12-13H,3-11H2. The summed E-state index contributed by atoms with van der Waals surface area (Å²) in [6.07, 6.45) is 7.25. The fourth-order valence-electron chi connectivity index (χ4n) is 5.53. The Balaban J connectivity index is 1.72. The van der Waals surface area contributed by atoms with E-state index in [1.54, 1.807) is 0 Å². The molecule has 0 aliphatic heterocycles. The van der Waals surface area contributed by atoms with Gasteiger partial charge in [-0.15, -0.1) is 6.42 Å². The number of carbonyl (C=O) groups excluding carboxylic acids is 1. The summed E-state index contributed by atoms with van der Waals surface area (Å²) in [7, 11) is 0. The van der Waals surface area contributed by atoms with Crippen LogP contribution in [0.5, 0.6) is 0 Å². The van der Waals surface area contributed by atoms with Crippen molar-refractivity contribution in [2.24, 2.45) is 17.3 Å². The molecule has 0 aromatic heterocycles. The number of halogens is 4. The van der Waals surface area contributed by atoms with Crippen molar-refractivity contribution in [3.8, 4) is 12.3 Å². The first kappa shape index (κ1) is 17.1. The maximum absolute atomic E-state index is 12.7.